The first-order chi connectivity index (χ1) is 13.1. The summed E-state index contributed by atoms with van der Waals surface area (Å²) in [6.45, 7) is 0.403. The Labute approximate surface area is 157 Å². The van der Waals surface area contributed by atoms with Crippen molar-refractivity contribution in [1.82, 2.24) is 5.32 Å². The van der Waals surface area contributed by atoms with Gasteiger partial charge in [-0.05, 0) is 29.3 Å². The molecule has 0 heterocycles. The summed E-state index contributed by atoms with van der Waals surface area (Å²) in [5, 5.41) is 2.68. The first kappa shape index (κ1) is 18.2. The molecule has 0 bridgehead atoms. The Morgan fingerprint density at radius 1 is 0.889 bits per heavy atom. The average molecular weight is 360 g/mol. The quantitative estimate of drug-likeness (QED) is 0.679. The molecule has 0 saturated heterocycles. The Bertz CT molecular complexity index is 911. The molecule has 0 spiro atoms. The van der Waals surface area contributed by atoms with Gasteiger partial charge in [-0.2, -0.15) is 0 Å². The van der Waals surface area contributed by atoms with Gasteiger partial charge in [-0.15, -0.1) is 0 Å². The summed E-state index contributed by atoms with van der Waals surface area (Å²) in [6.07, 6.45) is 0. The second-order valence-corrected chi connectivity index (χ2v) is 6.02. The number of carbonyl (C=O) groups excluding carboxylic acids is 2. The second kappa shape index (κ2) is 8.67. The summed E-state index contributed by atoms with van der Waals surface area (Å²) in [7, 11) is 0. The van der Waals surface area contributed by atoms with Crippen molar-refractivity contribution < 1.29 is 14.3 Å². The van der Waals surface area contributed by atoms with Crippen molar-refractivity contribution in [1.29, 1.82) is 0 Å². The molecular weight excluding hydrogens is 340 g/mol. The van der Waals surface area contributed by atoms with Crippen molar-refractivity contribution in [3.8, 4) is 5.75 Å². The first-order valence-corrected chi connectivity index (χ1v) is 8.55. The maximum atomic E-state index is 12.6. The van der Waals surface area contributed by atoms with Crippen LogP contribution in [0.3, 0.4) is 0 Å². The fourth-order valence-corrected chi connectivity index (χ4v) is 2.65. The second-order valence-electron chi connectivity index (χ2n) is 6.02. The van der Waals surface area contributed by atoms with Crippen LogP contribution in [0.2, 0.25) is 0 Å². The summed E-state index contributed by atoms with van der Waals surface area (Å²) in [4.78, 5) is 24.4. The summed E-state index contributed by atoms with van der Waals surface area (Å²) in [6, 6.07) is 24.6. The maximum absolute atomic E-state index is 12.6. The van der Waals surface area contributed by atoms with Gasteiger partial charge in [-0.25, -0.2) is 0 Å². The van der Waals surface area contributed by atoms with Gasteiger partial charge in [0, 0.05) is 5.56 Å². The van der Waals surface area contributed by atoms with Crippen LogP contribution >= 0.6 is 0 Å². The minimum absolute atomic E-state index is 0.391. The lowest BCUT2D eigenvalue weighted by molar-refractivity contribution is -0.120. The molecule has 3 aromatic carbocycles. The summed E-state index contributed by atoms with van der Waals surface area (Å²) >= 11 is 0. The molecule has 3 rings (SSSR count). The molecule has 1 atom stereocenters. The predicted octanol–water partition coefficient (Wildman–Crippen LogP) is 3.22. The third kappa shape index (κ3) is 4.95. The third-order valence-electron chi connectivity index (χ3n) is 4.04. The van der Waals surface area contributed by atoms with E-state index in [0.717, 1.165) is 5.56 Å². The average Bonchev–Trinajstić information content (AvgIpc) is 2.71. The lowest BCUT2D eigenvalue weighted by Crippen LogP contribution is -2.37. The van der Waals surface area contributed by atoms with E-state index in [2.05, 4.69) is 5.32 Å². The topological polar surface area (TPSA) is 81.4 Å². The van der Waals surface area contributed by atoms with Crippen molar-refractivity contribution in [2.45, 2.75) is 12.6 Å². The van der Waals surface area contributed by atoms with Crippen molar-refractivity contribution in [3.05, 3.63) is 102 Å². The molecule has 2 amide bonds. The number of benzene rings is 3. The zero-order valence-electron chi connectivity index (χ0n) is 14.7. The highest BCUT2D eigenvalue weighted by molar-refractivity contribution is 5.97. The molecular formula is C22H20N2O3. The van der Waals surface area contributed by atoms with Crippen molar-refractivity contribution in [2.75, 3.05) is 0 Å². The number of hydrogen-bond acceptors (Lipinski definition) is 3. The van der Waals surface area contributed by atoms with Gasteiger partial charge in [-0.1, -0.05) is 66.7 Å². The molecule has 3 aromatic rings. The molecule has 3 N–H and O–H groups in total. The third-order valence-corrected chi connectivity index (χ3v) is 4.04. The SMILES string of the molecule is NC(=O)C(NC(=O)c1cccc(OCc2ccccc2)c1)c1ccccc1. The van der Waals surface area contributed by atoms with E-state index < -0.39 is 17.9 Å². The monoisotopic (exact) mass is 360 g/mol. The van der Waals surface area contributed by atoms with Gasteiger partial charge in [0.15, 0.2) is 0 Å². The van der Waals surface area contributed by atoms with Gasteiger partial charge >= 0.3 is 0 Å². The minimum atomic E-state index is -0.896. The normalized spacial score (nSPS) is 11.4. The van der Waals surface area contributed by atoms with Crippen LogP contribution in [-0.2, 0) is 11.4 Å². The number of ether oxygens (including phenoxy) is 1. The van der Waals surface area contributed by atoms with Crippen LogP contribution in [0, 0.1) is 0 Å². The molecule has 0 aromatic heterocycles. The number of rotatable bonds is 7. The van der Waals surface area contributed by atoms with E-state index in [9.17, 15) is 9.59 Å². The number of nitrogens with two attached hydrogens (primary N) is 1. The highest BCUT2D eigenvalue weighted by atomic mass is 16.5. The Hall–Kier alpha value is -3.60. The van der Waals surface area contributed by atoms with E-state index in [-0.39, 0.29) is 0 Å². The Kier molecular flexibility index (Phi) is 5.84. The summed E-state index contributed by atoms with van der Waals surface area (Å²) in [5.74, 6) is -0.444. The molecule has 0 aliphatic heterocycles. The standard InChI is InChI=1S/C22H20N2O3/c23-21(25)20(17-10-5-2-6-11-17)24-22(26)18-12-7-13-19(14-18)27-15-16-8-3-1-4-9-16/h1-14,20H,15H2,(H2,23,25)(H,24,26). The van der Waals surface area contributed by atoms with E-state index in [1.807, 2.05) is 36.4 Å². The lowest BCUT2D eigenvalue weighted by atomic mass is 10.1. The molecule has 5 heteroatoms. The van der Waals surface area contributed by atoms with E-state index in [4.69, 9.17) is 10.5 Å². The van der Waals surface area contributed by atoms with E-state index in [0.29, 0.717) is 23.5 Å². The number of primary amides is 1. The van der Waals surface area contributed by atoms with Crippen LogP contribution < -0.4 is 15.8 Å². The number of nitrogens with one attached hydrogen (secondary N) is 1. The van der Waals surface area contributed by atoms with Crippen LogP contribution in [0.1, 0.15) is 27.5 Å². The smallest absolute Gasteiger partial charge is 0.252 e. The molecule has 5 nitrogen and oxygen atoms in total. The number of amides is 2. The predicted molar refractivity (Wildman–Crippen MR) is 103 cm³/mol. The van der Waals surface area contributed by atoms with Gasteiger partial charge in [-0.3, -0.25) is 9.59 Å². The van der Waals surface area contributed by atoms with Gasteiger partial charge < -0.3 is 15.8 Å². The van der Waals surface area contributed by atoms with Crippen LogP contribution in [0.25, 0.3) is 0 Å². The van der Waals surface area contributed by atoms with Crippen molar-refractivity contribution in [2.24, 2.45) is 5.73 Å². The maximum Gasteiger partial charge on any atom is 0.252 e. The molecule has 0 aliphatic carbocycles. The zero-order chi connectivity index (χ0) is 19.1. The molecule has 0 aliphatic rings. The van der Waals surface area contributed by atoms with Crippen LogP contribution in [0.5, 0.6) is 5.75 Å². The largest absolute Gasteiger partial charge is 0.489 e. The van der Waals surface area contributed by atoms with Crippen LogP contribution in [0.15, 0.2) is 84.9 Å². The Morgan fingerprint density at radius 3 is 2.22 bits per heavy atom. The van der Waals surface area contributed by atoms with E-state index in [1.54, 1.807) is 48.5 Å². The van der Waals surface area contributed by atoms with Gasteiger partial charge in [0.2, 0.25) is 5.91 Å². The fraction of sp³-hybridized carbons (Fsp3) is 0.0909. The Morgan fingerprint density at radius 2 is 1.56 bits per heavy atom. The molecule has 0 fully saturated rings. The molecule has 136 valence electrons. The van der Waals surface area contributed by atoms with Crippen molar-refractivity contribution >= 4 is 11.8 Å². The lowest BCUT2D eigenvalue weighted by Gasteiger charge is -2.16. The first-order valence-electron chi connectivity index (χ1n) is 8.55. The van der Waals surface area contributed by atoms with E-state index in [1.165, 1.54) is 0 Å². The number of hydrogen-bond donors (Lipinski definition) is 2. The summed E-state index contributed by atoms with van der Waals surface area (Å²) in [5.41, 5.74) is 7.52. The fourth-order valence-electron chi connectivity index (χ4n) is 2.65. The van der Waals surface area contributed by atoms with Crippen molar-refractivity contribution in [3.63, 3.8) is 0 Å². The summed E-state index contributed by atoms with van der Waals surface area (Å²) < 4.78 is 5.75. The highest BCUT2D eigenvalue weighted by Gasteiger charge is 2.20. The van der Waals surface area contributed by atoms with Crippen LogP contribution in [0.4, 0.5) is 0 Å². The van der Waals surface area contributed by atoms with E-state index >= 15 is 0 Å². The molecule has 1 unspecified atom stereocenters. The molecule has 0 radical (unpaired) electrons. The van der Waals surface area contributed by atoms with Gasteiger partial charge in [0.25, 0.3) is 5.91 Å². The molecule has 27 heavy (non-hydrogen) atoms. The number of carbonyl (C=O) groups is 2. The van der Waals surface area contributed by atoms with Crippen LogP contribution in [-0.4, -0.2) is 11.8 Å². The minimum Gasteiger partial charge on any atom is -0.489 e. The van der Waals surface area contributed by atoms with Gasteiger partial charge in [0.05, 0.1) is 0 Å². The van der Waals surface area contributed by atoms with Gasteiger partial charge in [0.1, 0.15) is 18.4 Å². The zero-order valence-corrected chi connectivity index (χ0v) is 14.7. The molecule has 0 saturated carbocycles. The Balaban J connectivity index is 1.70. The highest BCUT2D eigenvalue weighted by Crippen LogP contribution is 2.17.